The van der Waals surface area contributed by atoms with E-state index in [1.807, 2.05) is 0 Å². The summed E-state index contributed by atoms with van der Waals surface area (Å²) in [6, 6.07) is 4.01. The number of halogens is 2. The number of hydrogen-bond donors (Lipinski definition) is 2. The Hall–Kier alpha value is -0.940. The summed E-state index contributed by atoms with van der Waals surface area (Å²) < 4.78 is 13.7. The Morgan fingerprint density at radius 2 is 2.28 bits per heavy atom. The van der Waals surface area contributed by atoms with Gasteiger partial charge in [0.05, 0.1) is 5.56 Å². The third kappa shape index (κ3) is 2.90. The molecule has 1 saturated carbocycles. The van der Waals surface area contributed by atoms with Crippen molar-refractivity contribution in [2.75, 3.05) is 6.61 Å². The van der Waals surface area contributed by atoms with Crippen molar-refractivity contribution in [2.24, 2.45) is 5.92 Å². The summed E-state index contributed by atoms with van der Waals surface area (Å²) in [6.07, 6.45) is 2.79. The van der Waals surface area contributed by atoms with Crippen molar-refractivity contribution < 1.29 is 14.3 Å². The lowest BCUT2D eigenvalue weighted by molar-refractivity contribution is 0.0915. The van der Waals surface area contributed by atoms with E-state index in [0.29, 0.717) is 10.0 Å². The minimum atomic E-state index is -0.437. The summed E-state index contributed by atoms with van der Waals surface area (Å²) >= 11 is 3.24. The van der Waals surface area contributed by atoms with Gasteiger partial charge in [0.15, 0.2) is 0 Å². The molecule has 2 N–H and O–H groups in total. The average molecular weight is 316 g/mol. The fraction of sp³-hybridized carbons (Fsp3) is 0.462. The standard InChI is InChI=1S/C13H15BrFNO2/c14-11-5-4-9(15)6-10(11)13(18)16-12-3-1-2-8(12)7-17/h4-6,8,12,17H,1-3,7H2,(H,16,18). The van der Waals surface area contributed by atoms with Crippen LogP contribution in [0.5, 0.6) is 0 Å². The Kier molecular flexibility index (Phi) is 4.35. The number of carbonyl (C=O) groups excluding carboxylic acids is 1. The molecule has 1 amide bonds. The fourth-order valence-corrected chi connectivity index (χ4v) is 2.79. The lowest BCUT2D eigenvalue weighted by atomic mass is 10.0. The number of hydrogen-bond acceptors (Lipinski definition) is 2. The molecule has 0 radical (unpaired) electrons. The molecule has 0 saturated heterocycles. The molecule has 2 rings (SSSR count). The normalized spacial score (nSPS) is 23.1. The van der Waals surface area contributed by atoms with E-state index in [2.05, 4.69) is 21.2 Å². The Morgan fingerprint density at radius 1 is 1.50 bits per heavy atom. The molecule has 1 aliphatic rings. The quantitative estimate of drug-likeness (QED) is 0.900. The van der Waals surface area contributed by atoms with E-state index in [4.69, 9.17) is 0 Å². The first kappa shape index (κ1) is 13.5. The van der Waals surface area contributed by atoms with Crippen LogP contribution in [0.15, 0.2) is 22.7 Å². The zero-order chi connectivity index (χ0) is 13.1. The number of nitrogens with one attached hydrogen (secondary N) is 1. The molecular weight excluding hydrogens is 301 g/mol. The summed E-state index contributed by atoms with van der Waals surface area (Å²) in [4.78, 5) is 12.0. The molecule has 2 unspecified atom stereocenters. The summed E-state index contributed by atoms with van der Waals surface area (Å²) in [5.74, 6) is -0.624. The highest BCUT2D eigenvalue weighted by Gasteiger charge is 2.28. The number of rotatable bonds is 3. The van der Waals surface area contributed by atoms with Crippen molar-refractivity contribution in [3.8, 4) is 0 Å². The first-order valence-corrected chi connectivity index (χ1v) is 6.78. The highest BCUT2D eigenvalue weighted by Crippen LogP contribution is 2.26. The number of benzene rings is 1. The monoisotopic (exact) mass is 315 g/mol. The average Bonchev–Trinajstić information content (AvgIpc) is 2.79. The Balaban J connectivity index is 2.09. The molecule has 0 heterocycles. The van der Waals surface area contributed by atoms with Crippen LogP contribution >= 0.6 is 15.9 Å². The zero-order valence-corrected chi connectivity index (χ0v) is 11.4. The molecule has 0 aromatic heterocycles. The summed E-state index contributed by atoms with van der Waals surface area (Å²) in [5, 5.41) is 12.1. The van der Waals surface area contributed by atoms with E-state index in [0.717, 1.165) is 19.3 Å². The van der Waals surface area contributed by atoms with E-state index < -0.39 is 5.82 Å². The van der Waals surface area contributed by atoms with Crippen LogP contribution in [-0.4, -0.2) is 23.7 Å². The highest BCUT2D eigenvalue weighted by molar-refractivity contribution is 9.10. The lowest BCUT2D eigenvalue weighted by Gasteiger charge is -2.19. The van der Waals surface area contributed by atoms with Gasteiger partial charge in [0.25, 0.3) is 5.91 Å². The highest BCUT2D eigenvalue weighted by atomic mass is 79.9. The van der Waals surface area contributed by atoms with Crippen molar-refractivity contribution in [3.63, 3.8) is 0 Å². The maximum Gasteiger partial charge on any atom is 0.252 e. The third-order valence-electron chi connectivity index (χ3n) is 3.38. The third-order valence-corrected chi connectivity index (χ3v) is 4.07. The van der Waals surface area contributed by atoms with Crippen LogP contribution < -0.4 is 5.32 Å². The van der Waals surface area contributed by atoms with Gasteiger partial charge < -0.3 is 10.4 Å². The Morgan fingerprint density at radius 3 is 3.00 bits per heavy atom. The van der Waals surface area contributed by atoms with E-state index in [1.54, 1.807) is 0 Å². The zero-order valence-electron chi connectivity index (χ0n) is 9.83. The van der Waals surface area contributed by atoms with Crippen molar-refractivity contribution >= 4 is 21.8 Å². The van der Waals surface area contributed by atoms with Gasteiger partial charge in [0.1, 0.15) is 5.82 Å². The topological polar surface area (TPSA) is 49.3 Å². The molecule has 5 heteroatoms. The predicted molar refractivity (Wildman–Crippen MR) is 69.8 cm³/mol. The molecule has 0 spiro atoms. The number of aliphatic hydroxyl groups excluding tert-OH is 1. The Bertz CT molecular complexity index is 453. The van der Waals surface area contributed by atoms with Crippen LogP contribution in [0.4, 0.5) is 4.39 Å². The van der Waals surface area contributed by atoms with Crippen molar-refractivity contribution in [3.05, 3.63) is 34.1 Å². The maximum absolute atomic E-state index is 13.1. The van der Waals surface area contributed by atoms with Crippen LogP contribution in [-0.2, 0) is 0 Å². The first-order chi connectivity index (χ1) is 8.61. The minimum Gasteiger partial charge on any atom is -0.396 e. The fourth-order valence-electron chi connectivity index (χ4n) is 2.36. The Labute approximate surface area is 114 Å². The van der Waals surface area contributed by atoms with E-state index in [9.17, 15) is 14.3 Å². The molecule has 1 fully saturated rings. The summed E-state index contributed by atoms with van der Waals surface area (Å²) in [5.41, 5.74) is 0.290. The van der Waals surface area contributed by atoms with Crippen LogP contribution in [0, 0.1) is 11.7 Å². The maximum atomic E-state index is 13.1. The van der Waals surface area contributed by atoms with Gasteiger partial charge in [-0.05, 0) is 47.0 Å². The van der Waals surface area contributed by atoms with Crippen LogP contribution in [0.2, 0.25) is 0 Å². The van der Waals surface area contributed by atoms with Gasteiger partial charge in [-0.2, -0.15) is 0 Å². The van der Waals surface area contributed by atoms with Gasteiger partial charge in [0.2, 0.25) is 0 Å². The second-order valence-corrected chi connectivity index (χ2v) is 5.43. The minimum absolute atomic E-state index is 0.0160. The van der Waals surface area contributed by atoms with Gasteiger partial charge in [-0.25, -0.2) is 4.39 Å². The van der Waals surface area contributed by atoms with Crippen molar-refractivity contribution in [1.29, 1.82) is 0 Å². The van der Waals surface area contributed by atoms with E-state index in [1.165, 1.54) is 18.2 Å². The van der Waals surface area contributed by atoms with Gasteiger partial charge in [-0.15, -0.1) is 0 Å². The predicted octanol–water partition coefficient (Wildman–Crippen LogP) is 2.48. The molecule has 98 valence electrons. The van der Waals surface area contributed by atoms with Crippen molar-refractivity contribution in [2.45, 2.75) is 25.3 Å². The van der Waals surface area contributed by atoms with Crippen molar-refractivity contribution in [1.82, 2.24) is 5.32 Å². The number of carbonyl (C=O) groups is 1. The molecule has 2 atom stereocenters. The number of amides is 1. The molecule has 18 heavy (non-hydrogen) atoms. The molecular formula is C13H15BrFNO2. The van der Waals surface area contributed by atoms with E-state index >= 15 is 0 Å². The molecule has 0 bridgehead atoms. The van der Waals surface area contributed by atoms with Gasteiger partial charge >= 0.3 is 0 Å². The first-order valence-electron chi connectivity index (χ1n) is 5.98. The molecule has 3 nitrogen and oxygen atoms in total. The molecule has 1 aromatic carbocycles. The second kappa shape index (κ2) is 5.80. The number of aliphatic hydroxyl groups is 1. The molecule has 0 aliphatic heterocycles. The van der Waals surface area contributed by atoms with Crippen LogP contribution in [0.25, 0.3) is 0 Å². The van der Waals surface area contributed by atoms with Gasteiger partial charge in [-0.1, -0.05) is 6.42 Å². The van der Waals surface area contributed by atoms with Crippen LogP contribution in [0.1, 0.15) is 29.6 Å². The summed E-state index contributed by atoms with van der Waals surface area (Å²) in [6.45, 7) is 0.0786. The van der Waals surface area contributed by atoms with Crippen LogP contribution in [0.3, 0.4) is 0 Å². The SMILES string of the molecule is O=C(NC1CCCC1CO)c1cc(F)ccc1Br. The largest absolute Gasteiger partial charge is 0.396 e. The molecule has 1 aliphatic carbocycles. The molecule has 1 aromatic rings. The van der Waals surface area contributed by atoms with Gasteiger partial charge in [0, 0.05) is 23.0 Å². The lowest BCUT2D eigenvalue weighted by Crippen LogP contribution is -2.38. The summed E-state index contributed by atoms with van der Waals surface area (Å²) in [7, 11) is 0. The van der Waals surface area contributed by atoms with Gasteiger partial charge in [-0.3, -0.25) is 4.79 Å². The smallest absolute Gasteiger partial charge is 0.252 e. The second-order valence-electron chi connectivity index (χ2n) is 4.58. The van der Waals surface area contributed by atoms with E-state index in [-0.39, 0.29) is 24.5 Å².